The molecule has 4 rings (SSSR count). The van der Waals surface area contributed by atoms with E-state index in [0.717, 1.165) is 25.8 Å². The van der Waals surface area contributed by atoms with Crippen molar-refractivity contribution in [2.45, 2.75) is 13.5 Å². The Morgan fingerprint density at radius 1 is 1.21 bits per heavy atom. The number of hydrogen-bond acceptors (Lipinski definition) is 5. The minimum atomic E-state index is -0.302. The summed E-state index contributed by atoms with van der Waals surface area (Å²) >= 11 is 3.05. The van der Waals surface area contributed by atoms with E-state index in [9.17, 15) is 9.18 Å². The Balaban J connectivity index is 1.91. The van der Waals surface area contributed by atoms with Crippen molar-refractivity contribution in [3.8, 4) is 10.6 Å². The normalized spacial score (nSPS) is 11.2. The highest BCUT2D eigenvalue weighted by atomic mass is 32.1. The summed E-state index contributed by atoms with van der Waals surface area (Å²) < 4.78 is 15.3. The van der Waals surface area contributed by atoms with Crippen molar-refractivity contribution in [3.05, 3.63) is 68.5 Å². The Kier molecular flexibility index (Phi) is 3.74. The van der Waals surface area contributed by atoms with Crippen LogP contribution in [0.25, 0.3) is 20.8 Å². The zero-order valence-corrected chi connectivity index (χ0v) is 14.3. The van der Waals surface area contributed by atoms with Crippen LogP contribution < -0.4 is 5.56 Å². The molecule has 0 unspecified atom stereocenters. The van der Waals surface area contributed by atoms with Crippen LogP contribution in [-0.2, 0) is 6.54 Å². The Morgan fingerprint density at radius 3 is 2.71 bits per heavy atom. The molecule has 1 aromatic carbocycles. The minimum Gasteiger partial charge on any atom is -0.265 e. The molecule has 0 aliphatic heterocycles. The number of halogens is 1. The molecule has 7 heteroatoms. The van der Waals surface area contributed by atoms with Gasteiger partial charge in [0.1, 0.15) is 11.5 Å². The number of aromatic nitrogens is 3. The molecule has 3 aromatic heterocycles. The van der Waals surface area contributed by atoms with Gasteiger partial charge in [-0.2, -0.15) is 5.10 Å². The number of aryl methyl sites for hydroxylation is 1. The summed E-state index contributed by atoms with van der Waals surface area (Å²) in [5.41, 5.74) is 1.80. The predicted molar refractivity (Wildman–Crippen MR) is 95.2 cm³/mol. The molecular weight excluding hydrogens is 345 g/mol. The molecular formula is C17H12FN3OS2. The van der Waals surface area contributed by atoms with Crippen LogP contribution in [0.15, 0.2) is 46.6 Å². The summed E-state index contributed by atoms with van der Waals surface area (Å²) in [6.45, 7) is 2.16. The van der Waals surface area contributed by atoms with E-state index < -0.39 is 0 Å². The summed E-state index contributed by atoms with van der Waals surface area (Å²) in [5.74, 6) is -0.302. The van der Waals surface area contributed by atoms with Crippen molar-refractivity contribution in [2.75, 3.05) is 0 Å². The first-order chi connectivity index (χ1) is 11.6. The summed E-state index contributed by atoms with van der Waals surface area (Å²) in [6, 6.07) is 10.0. The van der Waals surface area contributed by atoms with E-state index in [4.69, 9.17) is 0 Å². The third-order valence-electron chi connectivity index (χ3n) is 3.61. The van der Waals surface area contributed by atoms with Crippen LogP contribution in [0, 0.1) is 12.7 Å². The van der Waals surface area contributed by atoms with Gasteiger partial charge >= 0.3 is 0 Å². The van der Waals surface area contributed by atoms with Gasteiger partial charge in [0.25, 0.3) is 5.56 Å². The molecule has 0 bridgehead atoms. The van der Waals surface area contributed by atoms with Crippen molar-refractivity contribution in [3.63, 3.8) is 0 Å². The van der Waals surface area contributed by atoms with Crippen LogP contribution in [0.4, 0.5) is 4.39 Å². The van der Waals surface area contributed by atoms with Gasteiger partial charge in [-0.05, 0) is 36.1 Å². The highest BCUT2D eigenvalue weighted by Gasteiger charge is 2.17. The number of rotatable bonds is 3. The van der Waals surface area contributed by atoms with Crippen LogP contribution in [0.5, 0.6) is 0 Å². The molecule has 0 atom stereocenters. The predicted octanol–water partition coefficient (Wildman–Crippen LogP) is 4.08. The highest BCUT2D eigenvalue weighted by Crippen LogP contribution is 2.32. The number of thiazole rings is 1. The molecule has 4 aromatic rings. The topological polar surface area (TPSA) is 47.8 Å². The fourth-order valence-corrected chi connectivity index (χ4v) is 4.20. The molecule has 0 aliphatic carbocycles. The maximum Gasteiger partial charge on any atom is 0.294 e. The molecule has 0 amide bonds. The van der Waals surface area contributed by atoms with E-state index in [0.29, 0.717) is 5.52 Å². The summed E-state index contributed by atoms with van der Waals surface area (Å²) in [6.07, 6.45) is 0. The van der Waals surface area contributed by atoms with E-state index in [1.165, 1.54) is 28.2 Å². The van der Waals surface area contributed by atoms with Gasteiger partial charge in [-0.15, -0.1) is 22.7 Å². The van der Waals surface area contributed by atoms with Crippen LogP contribution >= 0.6 is 22.7 Å². The quantitative estimate of drug-likeness (QED) is 0.555. The molecule has 4 nitrogen and oxygen atoms in total. The third-order valence-corrected chi connectivity index (χ3v) is 5.46. The van der Waals surface area contributed by atoms with Gasteiger partial charge in [-0.1, -0.05) is 18.2 Å². The second-order valence-electron chi connectivity index (χ2n) is 5.33. The van der Waals surface area contributed by atoms with Gasteiger partial charge in [0.15, 0.2) is 5.52 Å². The van der Waals surface area contributed by atoms with Crippen molar-refractivity contribution in [1.82, 2.24) is 14.8 Å². The summed E-state index contributed by atoms with van der Waals surface area (Å²) in [4.78, 5) is 18.1. The Hall–Kier alpha value is -2.38. The Bertz CT molecular complexity index is 1070. The lowest BCUT2D eigenvalue weighted by Crippen LogP contribution is -2.24. The first-order valence-electron chi connectivity index (χ1n) is 7.28. The molecule has 24 heavy (non-hydrogen) atoms. The maximum atomic E-state index is 13.1. The van der Waals surface area contributed by atoms with Crippen molar-refractivity contribution < 1.29 is 4.39 Å². The number of nitrogens with zero attached hydrogens (tertiary/aromatic N) is 3. The van der Waals surface area contributed by atoms with Crippen molar-refractivity contribution in [1.29, 1.82) is 0 Å². The number of benzene rings is 1. The lowest BCUT2D eigenvalue weighted by Gasteiger charge is -2.07. The third kappa shape index (κ3) is 2.65. The molecule has 0 saturated heterocycles. The number of thiophene rings is 1. The van der Waals surface area contributed by atoms with Crippen LogP contribution in [-0.4, -0.2) is 14.8 Å². The molecule has 0 fully saturated rings. The van der Waals surface area contributed by atoms with Crippen LogP contribution in [0.3, 0.4) is 0 Å². The second-order valence-corrected chi connectivity index (χ2v) is 7.48. The average Bonchev–Trinajstić information content (AvgIpc) is 3.22. The zero-order chi connectivity index (χ0) is 16.7. The maximum absolute atomic E-state index is 13.1. The first-order valence-corrected chi connectivity index (χ1v) is 8.98. The standard InChI is InChI=1S/C17H12FN3OS2/c1-10-19-15-16(24-10)14(13-3-2-8-23-13)20-21(17(15)22)9-11-4-6-12(18)7-5-11/h2-8H,9H2,1H3. The monoisotopic (exact) mass is 357 g/mol. The van der Waals surface area contributed by atoms with Gasteiger partial charge in [0.05, 0.1) is 21.1 Å². The van der Waals surface area contributed by atoms with Gasteiger partial charge in [0.2, 0.25) is 0 Å². The fourth-order valence-electron chi connectivity index (χ4n) is 2.51. The molecule has 0 N–H and O–H groups in total. The molecule has 0 radical (unpaired) electrons. The molecule has 3 heterocycles. The van der Waals surface area contributed by atoms with Gasteiger partial charge < -0.3 is 0 Å². The molecule has 0 aliphatic rings. The number of hydrogen-bond donors (Lipinski definition) is 0. The van der Waals surface area contributed by atoms with Crippen molar-refractivity contribution >= 4 is 32.9 Å². The van der Waals surface area contributed by atoms with Gasteiger partial charge in [-0.25, -0.2) is 14.1 Å². The van der Waals surface area contributed by atoms with E-state index in [-0.39, 0.29) is 17.9 Å². The van der Waals surface area contributed by atoms with Gasteiger partial charge in [-0.3, -0.25) is 4.79 Å². The largest absolute Gasteiger partial charge is 0.294 e. The first kappa shape index (κ1) is 15.2. The van der Waals surface area contributed by atoms with Crippen LogP contribution in [0.2, 0.25) is 0 Å². The molecule has 120 valence electrons. The average molecular weight is 357 g/mol. The van der Waals surface area contributed by atoms with Crippen molar-refractivity contribution in [2.24, 2.45) is 0 Å². The van der Waals surface area contributed by atoms with Crippen LogP contribution in [0.1, 0.15) is 10.6 Å². The fraction of sp³-hybridized carbons (Fsp3) is 0.118. The van der Waals surface area contributed by atoms with E-state index >= 15 is 0 Å². The van der Waals surface area contributed by atoms with E-state index in [2.05, 4.69) is 10.1 Å². The number of fused-ring (bicyclic) bond motifs is 1. The zero-order valence-electron chi connectivity index (χ0n) is 12.7. The van der Waals surface area contributed by atoms with E-state index in [1.54, 1.807) is 23.5 Å². The smallest absolute Gasteiger partial charge is 0.265 e. The molecule has 0 spiro atoms. The summed E-state index contributed by atoms with van der Waals surface area (Å²) in [7, 11) is 0. The highest BCUT2D eigenvalue weighted by molar-refractivity contribution is 7.20. The second kappa shape index (κ2) is 5.92. The Labute approximate surface area is 144 Å². The minimum absolute atomic E-state index is 0.223. The molecule has 0 saturated carbocycles. The lowest BCUT2D eigenvalue weighted by molar-refractivity contribution is 0.621. The SMILES string of the molecule is Cc1nc2c(=O)n(Cc3ccc(F)cc3)nc(-c3cccs3)c2s1. The summed E-state index contributed by atoms with van der Waals surface area (Å²) in [5, 5.41) is 7.38. The van der Waals surface area contributed by atoms with E-state index in [1.807, 2.05) is 24.4 Å². The van der Waals surface area contributed by atoms with Gasteiger partial charge in [0, 0.05) is 0 Å². The lowest BCUT2D eigenvalue weighted by atomic mass is 10.2. The Morgan fingerprint density at radius 2 is 2.00 bits per heavy atom.